The molecule has 0 saturated carbocycles. The van der Waals surface area contributed by atoms with Crippen LogP contribution in [0.15, 0.2) is 30.6 Å². The van der Waals surface area contributed by atoms with Crippen molar-refractivity contribution in [2.45, 2.75) is 6.54 Å². The Morgan fingerprint density at radius 3 is 2.86 bits per heavy atom. The van der Waals surface area contributed by atoms with Crippen LogP contribution in [-0.4, -0.2) is 67.0 Å². The third kappa shape index (κ3) is 4.68. The molecule has 1 fully saturated rings. The molecular formula is C19H23N5O4. The Morgan fingerprint density at radius 1 is 1.11 bits per heavy atom. The van der Waals surface area contributed by atoms with Crippen molar-refractivity contribution < 1.29 is 19.0 Å². The molecule has 3 heterocycles. The van der Waals surface area contributed by atoms with Crippen LogP contribution in [0.5, 0.6) is 11.5 Å². The lowest BCUT2D eigenvalue weighted by molar-refractivity contribution is 0.0398. The van der Waals surface area contributed by atoms with Crippen LogP contribution in [-0.2, 0) is 11.3 Å². The fraction of sp³-hybridized carbons (Fsp3) is 0.421. The standard InChI is InChI=1S/C19H23N5O4/c25-19(21-11-14-1-2-16-17(9-14)28-13-27-16)15-10-18(23-12-22-15)20-3-4-24-5-7-26-8-6-24/h1-2,9-10,12H,3-8,11,13H2,(H,21,25)(H,20,22,23). The molecule has 9 nitrogen and oxygen atoms in total. The summed E-state index contributed by atoms with van der Waals surface area (Å²) < 4.78 is 16.0. The fourth-order valence-corrected chi connectivity index (χ4v) is 3.07. The van der Waals surface area contributed by atoms with Crippen LogP contribution in [0.3, 0.4) is 0 Å². The maximum atomic E-state index is 12.4. The van der Waals surface area contributed by atoms with E-state index in [2.05, 4.69) is 25.5 Å². The van der Waals surface area contributed by atoms with E-state index in [1.54, 1.807) is 6.07 Å². The molecule has 0 atom stereocenters. The number of nitrogens with one attached hydrogen (secondary N) is 2. The Morgan fingerprint density at radius 2 is 1.96 bits per heavy atom. The third-order valence-corrected chi connectivity index (χ3v) is 4.63. The summed E-state index contributed by atoms with van der Waals surface area (Å²) in [5.74, 6) is 1.80. The quantitative estimate of drug-likeness (QED) is 0.725. The molecule has 1 amide bonds. The lowest BCUT2D eigenvalue weighted by atomic mass is 10.2. The lowest BCUT2D eigenvalue weighted by Crippen LogP contribution is -2.39. The zero-order valence-corrected chi connectivity index (χ0v) is 15.5. The van der Waals surface area contributed by atoms with E-state index >= 15 is 0 Å². The summed E-state index contributed by atoms with van der Waals surface area (Å²) in [6.07, 6.45) is 1.40. The van der Waals surface area contributed by atoms with Crippen LogP contribution in [0.25, 0.3) is 0 Å². The molecule has 0 radical (unpaired) electrons. The first-order valence-electron chi connectivity index (χ1n) is 9.31. The molecule has 2 N–H and O–H groups in total. The van der Waals surface area contributed by atoms with Crippen molar-refractivity contribution in [3.05, 3.63) is 41.9 Å². The minimum Gasteiger partial charge on any atom is -0.454 e. The van der Waals surface area contributed by atoms with Gasteiger partial charge in [0.25, 0.3) is 5.91 Å². The van der Waals surface area contributed by atoms with Gasteiger partial charge in [-0.25, -0.2) is 9.97 Å². The Bertz CT molecular complexity index is 826. The van der Waals surface area contributed by atoms with Crippen LogP contribution in [0.1, 0.15) is 16.1 Å². The maximum absolute atomic E-state index is 12.4. The highest BCUT2D eigenvalue weighted by Gasteiger charge is 2.14. The number of fused-ring (bicyclic) bond motifs is 1. The number of aromatic nitrogens is 2. The number of ether oxygens (including phenoxy) is 3. The van der Waals surface area contributed by atoms with Gasteiger partial charge in [-0.3, -0.25) is 9.69 Å². The first-order valence-corrected chi connectivity index (χ1v) is 9.31. The van der Waals surface area contributed by atoms with Crippen LogP contribution in [0.2, 0.25) is 0 Å². The van der Waals surface area contributed by atoms with Crippen LogP contribution in [0.4, 0.5) is 5.82 Å². The number of amides is 1. The predicted molar refractivity (Wildman–Crippen MR) is 102 cm³/mol. The number of benzene rings is 1. The Hall–Kier alpha value is -2.91. The van der Waals surface area contributed by atoms with Gasteiger partial charge in [-0.2, -0.15) is 0 Å². The number of nitrogens with zero attached hydrogens (tertiary/aromatic N) is 3. The van der Waals surface area contributed by atoms with Crippen molar-refractivity contribution in [1.82, 2.24) is 20.2 Å². The molecule has 2 aliphatic rings. The number of carbonyl (C=O) groups excluding carboxylic acids is 1. The Balaban J connectivity index is 1.27. The number of anilines is 1. The number of hydrogen-bond acceptors (Lipinski definition) is 8. The molecule has 1 aromatic carbocycles. The average Bonchev–Trinajstić information content (AvgIpc) is 3.21. The molecular weight excluding hydrogens is 362 g/mol. The average molecular weight is 385 g/mol. The largest absolute Gasteiger partial charge is 0.454 e. The molecule has 0 aliphatic carbocycles. The molecule has 9 heteroatoms. The molecule has 1 aromatic heterocycles. The molecule has 0 spiro atoms. The van der Waals surface area contributed by atoms with Crippen LogP contribution < -0.4 is 20.1 Å². The van der Waals surface area contributed by atoms with Crippen molar-refractivity contribution in [2.24, 2.45) is 0 Å². The Kier molecular flexibility index (Phi) is 5.83. The van der Waals surface area contributed by atoms with Crippen LogP contribution >= 0.6 is 0 Å². The first-order chi connectivity index (χ1) is 13.8. The zero-order valence-electron chi connectivity index (χ0n) is 15.5. The number of hydrogen-bond donors (Lipinski definition) is 2. The molecule has 4 rings (SSSR count). The highest BCUT2D eigenvalue weighted by atomic mass is 16.7. The van der Waals surface area contributed by atoms with E-state index in [1.165, 1.54) is 6.33 Å². The SMILES string of the molecule is O=C(NCc1ccc2c(c1)OCO2)c1cc(NCCN2CCOCC2)ncn1. The van der Waals surface area contributed by atoms with Gasteiger partial charge in [0.15, 0.2) is 11.5 Å². The molecule has 2 aliphatic heterocycles. The highest BCUT2D eigenvalue weighted by molar-refractivity contribution is 5.92. The third-order valence-electron chi connectivity index (χ3n) is 4.63. The molecule has 2 aromatic rings. The smallest absolute Gasteiger partial charge is 0.270 e. The van der Waals surface area contributed by atoms with E-state index in [1.807, 2.05) is 18.2 Å². The van der Waals surface area contributed by atoms with Crippen molar-refractivity contribution in [2.75, 3.05) is 51.5 Å². The summed E-state index contributed by atoms with van der Waals surface area (Å²) in [4.78, 5) is 23.0. The molecule has 1 saturated heterocycles. The van der Waals surface area contributed by atoms with Gasteiger partial charge in [0.2, 0.25) is 6.79 Å². The monoisotopic (exact) mass is 385 g/mol. The van der Waals surface area contributed by atoms with E-state index in [9.17, 15) is 4.79 Å². The second-order valence-electron chi connectivity index (χ2n) is 6.54. The second kappa shape index (κ2) is 8.85. The van der Waals surface area contributed by atoms with Gasteiger partial charge in [-0.1, -0.05) is 6.07 Å². The van der Waals surface area contributed by atoms with Crippen molar-refractivity contribution >= 4 is 11.7 Å². The summed E-state index contributed by atoms with van der Waals surface area (Å²) in [6.45, 7) is 5.70. The molecule has 148 valence electrons. The number of carbonyl (C=O) groups is 1. The summed E-state index contributed by atoms with van der Waals surface area (Å²) >= 11 is 0. The molecule has 0 unspecified atom stereocenters. The first kappa shape index (κ1) is 18.5. The fourth-order valence-electron chi connectivity index (χ4n) is 3.07. The predicted octanol–water partition coefficient (Wildman–Crippen LogP) is 0.879. The van der Waals surface area contributed by atoms with Gasteiger partial charge >= 0.3 is 0 Å². The summed E-state index contributed by atoms with van der Waals surface area (Å²) in [7, 11) is 0. The van der Waals surface area contributed by atoms with Crippen molar-refractivity contribution in [3.8, 4) is 11.5 Å². The highest BCUT2D eigenvalue weighted by Crippen LogP contribution is 2.32. The zero-order chi connectivity index (χ0) is 19.2. The summed E-state index contributed by atoms with van der Waals surface area (Å²) in [5.41, 5.74) is 1.25. The van der Waals surface area contributed by atoms with Gasteiger partial charge in [0.05, 0.1) is 13.2 Å². The van der Waals surface area contributed by atoms with Gasteiger partial charge in [-0.05, 0) is 17.7 Å². The van der Waals surface area contributed by atoms with E-state index in [0.717, 1.165) is 50.7 Å². The topological polar surface area (TPSA) is 97.8 Å². The number of rotatable bonds is 7. The van der Waals surface area contributed by atoms with E-state index in [-0.39, 0.29) is 12.7 Å². The van der Waals surface area contributed by atoms with Crippen molar-refractivity contribution in [1.29, 1.82) is 0 Å². The van der Waals surface area contributed by atoms with Gasteiger partial charge < -0.3 is 24.8 Å². The van der Waals surface area contributed by atoms with E-state index in [0.29, 0.717) is 23.8 Å². The minimum atomic E-state index is -0.253. The Labute approximate surface area is 163 Å². The van der Waals surface area contributed by atoms with E-state index in [4.69, 9.17) is 14.2 Å². The summed E-state index contributed by atoms with van der Waals surface area (Å²) in [5, 5.41) is 6.11. The van der Waals surface area contributed by atoms with Gasteiger partial charge in [0.1, 0.15) is 17.8 Å². The lowest BCUT2D eigenvalue weighted by Gasteiger charge is -2.26. The molecule has 0 bridgehead atoms. The maximum Gasteiger partial charge on any atom is 0.270 e. The van der Waals surface area contributed by atoms with Gasteiger partial charge in [-0.15, -0.1) is 0 Å². The van der Waals surface area contributed by atoms with Crippen molar-refractivity contribution in [3.63, 3.8) is 0 Å². The normalized spacial score (nSPS) is 16.0. The summed E-state index contributed by atoms with van der Waals surface area (Å²) in [6, 6.07) is 7.26. The van der Waals surface area contributed by atoms with Gasteiger partial charge in [0, 0.05) is 38.8 Å². The second-order valence-corrected chi connectivity index (χ2v) is 6.54. The van der Waals surface area contributed by atoms with E-state index < -0.39 is 0 Å². The number of morpholine rings is 1. The van der Waals surface area contributed by atoms with Crippen LogP contribution in [0, 0.1) is 0 Å². The molecule has 28 heavy (non-hydrogen) atoms. The minimum absolute atomic E-state index is 0.230.